The van der Waals surface area contributed by atoms with E-state index in [9.17, 15) is 4.79 Å². The van der Waals surface area contributed by atoms with Gasteiger partial charge in [0.25, 0.3) is 0 Å². The number of ketones is 1. The van der Waals surface area contributed by atoms with Crippen LogP contribution in [-0.2, 0) is 9.53 Å². The molecule has 0 unspecified atom stereocenters. The number of hydrogen-bond donors (Lipinski definition) is 0. The van der Waals surface area contributed by atoms with Gasteiger partial charge in [-0.3, -0.25) is 4.79 Å². The molecule has 0 aromatic heterocycles. The molecule has 1 fully saturated rings. The minimum atomic E-state index is -0.101. The average molecular weight is 142 g/mol. The molecule has 2 heteroatoms. The van der Waals surface area contributed by atoms with Gasteiger partial charge in [-0.05, 0) is 18.8 Å². The lowest BCUT2D eigenvalue weighted by atomic mass is 9.88. The summed E-state index contributed by atoms with van der Waals surface area (Å²) in [4.78, 5) is 11.1. The highest BCUT2D eigenvalue weighted by atomic mass is 16.5. The fraction of sp³-hybridized carbons (Fsp3) is 0.875. The van der Waals surface area contributed by atoms with Crippen LogP contribution in [0.1, 0.15) is 26.2 Å². The van der Waals surface area contributed by atoms with Gasteiger partial charge >= 0.3 is 0 Å². The van der Waals surface area contributed by atoms with Crippen LogP contribution in [0, 0.1) is 5.92 Å². The van der Waals surface area contributed by atoms with E-state index in [0.717, 1.165) is 12.8 Å². The molecule has 2 atom stereocenters. The van der Waals surface area contributed by atoms with Gasteiger partial charge in [-0.2, -0.15) is 0 Å². The number of methoxy groups -OCH3 is 1. The van der Waals surface area contributed by atoms with Crippen molar-refractivity contribution in [1.29, 1.82) is 0 Å². The zero-order valence-corrected chi connectivity index (χ0v) is 6.59. The maximum Gasteiger partial charge on any atom is 0.161 e. The fourth-order valence-corrected chi connectivity index (χ4v) is 1.42. The smallest absolute Gasteiger partial charge is 0.161 e. The SMILES string of the molecule is CO[C@@H]1CC[C@H](C)CC1=O. The van der Waals surface area contributed by atoms with Gasteiger partial charge in [0, 0.05) is 13.5 Å². The number of carbonyl (C=O) groups excluding carboxylic acids is 1. The van der Waals surface area contributed by atoms with Crippen molar-refractivity contribution < 1.29 is 9.53 Å². The van der Waals surface area contributed by atoms with Gasteiger partial charge in [0.15, 0.2) is 5.78 Å². The Hall–Kier alpha value is -0.370. The van der Waals surface area contributed by atoms with Crippen LogP contribution in [0.15, 0.2) is 0 Å². The number of hydrogen-bond acceptors (Lipinski definition) is 2. The first-order chi connectivity index (χ1) is 4.74. The molecule has 0 aromatic carbocycles. The second-order valence-corrected chi connectivity index (χ2v) is 3.08. The van der Waals surface area contributed by atoms with E-state index in [1.807, 2.05) is 0 Å². The van der Waals surface area contributed by atoms with Crippen molar-refractivity contribution in [3.63, 3.8) is 0 Å². The fourth-order valence-electron chi connectivity index (χ4n) is 1.42. The van der Waals surface area contributed by atoms with Gasteiger partial charge < -0.3 is 4.74 Å². The zero-order chi connectivity index (χ0) is 7.56. The molecule has 1 aliphatic carbocycles. The summed E-state index contributed by atoms with van der Waals surface area (Å²) in [7, 11) is 1.61. The third-order valence-corrected chi connectivity index (χ3v) is 2.11. The first-order valence-electron chi connectivity index (χ1n) is 3.79. The highest BCUT2D eigenvalue weighted by Gasteiger charge is 2.25. The summed E-state index contributed by atoms with van der Waals surface area (Å²) in [5, 5.41) is 0. The number of rotatable bonds is 1. The Labute approximate surface area is 61.6 Å². The maximum atomic E-state index is 11.1. The van der Waals surface area contributed by atoms with Crippen molar-refractivity contribution >= 4 is 5.78 Å². The molecule has 0 heterocycles. The maximum absolute atomic E-state index is 11.1. The van der Waals surface area contributed by atoms with Crippen LogP contribution in [0.3, 0.4) is 0 Å². The molecule has 2 nitrogen and oxygen atoms in total. The second-order valence-electron chi connectivity index (χ2n) is 3.08. The Balaban J connectivity index is 2.43. The summed E-state index contributed by atoms with van der Waals surface area (Å²) in [5.74, 6) is 0.847. The monoisotopic (exact) mass is 142 g/mol. The predicted octanol–water partition coefficient (Wildman–Crippen LogP) is 1.39. The largest absolute Gasteiger partial charge is 0.374 e. The molecule has 1 rings (SSSR count). The Kier molecular flexibility index (Phi) is 2.44. The van der Waals surface area contributed by atoms with Gasteiger partial charge in [0.05, 0.1) is 0 Å². The Morgan fingerprint density at radius 2 is 2.20 bits per heavy atom. The first-order valence-corrected chi connectivity index (χ1v) is 3.79. The lowest BCUT2D eigenvalue weighted by Crippen LogP contribution is -2.29. The van der Waals surface area contributed by atoms with Gasteiger partial charge in [-0.15, -0.1) is 0 Å². The van der Waals surface area contributed by atoms with E-state index in [4.69, 9.17) is 4.74 Å². The van der Waals surface area contributed by atoms with E-state index in [1.54, 1.807) is 7.11 Å². The molecule has 0 spiro atoms. The summed E-state index contributed by atoms with van der Waals surface area (Å²) in [6.45, 7) is 2.11. The minimum Gasteiger partial charge on any atom is -0.374 e. The van der Waals surface area contributed by atoms with Gasteiger partial charge in [-0.25, -0.2) is 0 Å². The molecule has 0 amide bonds. The first kappa shape index (κ1) is 7.73. The third kappa shape index (κ3) is 1.57. The summed E-state index contributed by atoms with van der Waals surface area (Å²) in [6, 6.07) is 0. The van der Waals surface area contributed by atoms with Crippen LogP contribution in [0.25, 0.3) is 0 Å². The molecule has 0 aliphatic heterocycles. The van der Waals surface area contributed by atoms with Crippen LogP contribution in [0.5, 0.6) is 0 Å². The van der Waals surface area contributed by atoms with Crippen molar-refractivity contribution in [3.05, 3.63) is 0 Å². The van der Waals surface area contributed by atoms with Crippen LogP contribution >= 0.6 is 0 Å². The Bertz CT molecular complexity index is 131. The van der Waals surface area contributed by atoms with E-state index in [2.05, 4.69) is 6.92 Å². The summed E-state index contributed by atoms with van der Waals surface area (Å²) in [6.07, 6.45) is 2.65. The molecule has 0 saturated heterocycles. The van der Waals surface area contributed by atoms with Crippen molar-refractivity contribution in [2.45, 2.75) is 32.3 Å². The minimum absolute atomic E-state index is 0.101. The van der Waals surface area contributed by atoms with Crippen LogP contribution in [0.2, 0.25) is 0 Å². The molecule has 0 radical (unpaired) electrons. The molecular weight excluding hydrogens is 128 g/mol. The van der Waals surface area contributed by atoms with Gasteiger partial charge in [-0.1, -0.05) is 6.92 Å². The molecule has 1 aliphatic rings. The molecule has 58 valence electrons. The zero-order valence-electron chi connectivity index (χ0n) is 6.59. The quantitative estimate of drug-likeness (QED) is 0.553. The van der Waals surface area contributed by atoms with E-state index in [1.165, 1.54) is 0 Å². The van der Waals surface area contributed by atoms with E-state index >= 15 is 0 Å². The Morgan fingerprint density at radius 1 is 1.50 bits per heavy atom. The third-order valence-electron chi connectivity index (χ3n) is 2.11. The van der Waals surface area contributed by atoms with Crippen molar-refractivity contribution in [2.24, 2.45) is 5.92 Å². The topological polar surface area (TPSA) is 26.3 Å². The number of Topliss-reactive ketones (excluding diaryl/α,β-unsaturated/α-hetero) is 1. The predicted molar refractivity (Wildman–Crippen MR) is 38.8 cm³/mol. The molecular formula is C8H14O2. The van der Waals surface area contributed by atoms with E-state index < -0.39 is 0 Å². The van der Waals surface area contributed by atoms with Crippen LogP contribution in [0.4, 0.5) is 0 Å². The molecule has 0 bridgehead atoms. The lowest BCUT2D eigenvalue weighted by Gasteiger charge is -2.23. The molecule has 1 saturated carbocycles. The van der Waals surface area contributed by atoms with E-state index in [-0.39, 0.29) is 11.9 Å². The summed E-state index contributed by atoms with van der Waals surface area (Å²) < 4.78 is 5.00. The van der Waals surface area contributed by atoms with Crippen LogP contribution in [-0.4, -0.2) is 19.0 Å². The average Bonchev–Trinajstić information content (AvgIpc) is 1.88. The van der Waals surface area contributed by atoms with Crippen molar-refractivity contribution in [2.75, 3.05) is 7.11 Å². The lowest BCUT2D eigenvalue weighted by molar-refractivity contribution is -0.132. The summed E-state index contributed by atoms with van der Waals surface area (Å²) >= 11 is 0. The number of carbonyl (C=O) groups is 1. The normalized spacial score (nSPS) is 34.4. The second kappa shape index (κ2) is 3.15. The van der Waals surface area contributed by atoms with Gasteiger partial charge in [0.1, 0.15) is 6.10 Å². The summed E-state index contributed by atoms with van der Waals surface area (Å²) in [5.41, 5.74) is 0. The standard InChI is InChI=1S/C8H14O2/c1-6-3-4-8(10-2)7(9)5-6/h6,8H,3-5H2,1-2H3/t6-,8+/m0/s1. The molecule has 0 aromatic rings. The van der Waals surface area contributed by atoms with Crippen molar-refractivity contribution in [3.8, 4) is 0 Å². The number of ether oxygens (including phenoxy) is 1. The van der Waals surface area contributed by atoms with E-state index in [0.29, 0.717) is 12.3 Å². The van der Waals surface area contributed by atoms with Crippen molar-refractivity contribution in [1.82, 2.24) is 0 Å². The molecule has 0 N–H and O–H groups in total. The van der Waals surface area contributed by atoms with Crippen LogP contribution < -0.4 is 0 Å². The highest BCUT2D eigenvalue weighted by Crippen LogP contribution is 2.22. The molecule has 10 heavy (non-hydrogen) atoms. The van der Waals surface area contributed by atoms with Gasteiger partial charge in [0.2, 0.25) is 0 Å². The highest BCUT2D eigenvalue weighted by molar-refractivity contribution is 5.83. The Morgan fingerprint density at radius 3 is 2.70 bits per heavy atom.